The number of methoxy groups -OCH3 is 1. The number of isocyanates is 1. The number of nitrogens with zero attached hydrogens (tertiary/aromatic N) is 2. The molecule has 82 valence electrons. The molecule has 0 fully saturated rings. The van der Waals surface area contributed by atoms with Crippen LogP contribution in [0.15, 0.2) is 23.2 Å². The molecule has 0 unspecified atom stereocenters. The highest BCUT2D eigenvalue weighted by atomic mass is 19.2. The maximum absolute atomic E-state index is 13.4. The summed E-state index contributed by atoms with van der Waals surface area (Å²) in [5.41, 5.74) is -0.416. The zero-order valence-electron chi connectivity index (χ0n) is 8.20. The zero-order valence-corrected chi connectivity index (χ0v) is 8.20. The fourth-order valence-electron chi connectivity index (χ4n) is 1.46. The van der Waals surface area contributed by atoms with Crippen LogP contribution < -0.4 is 4.74 Å². The first kappa shape index (κ1) is 10.3. The van der Waals surface area contributed by atoms with Crippen molar-refractivity contribution in [3.8, 4) is 5.75 Å². The van der Waals surface area contributed by atoms with Crippen molar-refractivity contribution in [3.05, 3.63) is 24.1 Å². The molecular weight excluding hydrogens is 218 g/mol. The van der Waals surface area contributed by atoms with E-state index in [0.717, 1.165) is 0 Å². The molecule has 0 bridgehead atoms. The molecule has 0 N–H and O–H groups in total. The highest BCUT2D eigenvalue weighted by Crippen LogP contribution is 2.34. The topological polar surface area (TPSA) is 43.6 Å². The predicted molar refractivity (Wildman–Crippen MR) is 52.7 cm³/mol. The van der Waals surface area contributed by atoms with E-state index in [1.54, 1.807) is 0 Å². The van der Waals surface area contributed by atoms with Gasteiger partial charge < -0.3 is 4.74 Å². The minimum Gasteiger partial charge on any atom is -0.497 e. The summed E-state index contributed by atoms with van der Waals surface area (Å²) >= 11 is 0. The van der Waals surface area contributed by atoms with Gasteiger partial charge in [0.2, 0.25) is 12.0 Å². The van der Waals surface area contributed by atoms with E-state index in [1.165, 1.54) is 31.4 Å². The lowest BCUT2D eigenvalue weighted by Crippen LogP contribution is -1.86. The van der Waals surface area contributed by atoms with E-state index >= 15 is 0 Å². The van der Waals surface area contributed by atoms with E-state index in [0.29, 0.717) is 5.75 Å². The van der Waals surface area contributed by atoms with Crippen molar-refractivity contribution in [1.82, 2.24) is 4.79 Å². The predicted octanol–water partition coefficient (Wildman–Crippen LogP) is 2.49. The van der Waals surface area contributed by atoms with Crippen LogP contribution in [-0.4, -0.2) is 18.0 Å². The third-order valence-electron chi connectivity index (χ3n) is 2.20. The van der Waals surface area contributed by atoms with Gasteiger partial charge in [-0.1, -0.05) is 4.48 Å². The monoisotopic (exact) mass is 224 g/mol. The number of carbonyl (C=O) groups excluding carboxylic acids is 1. The first-order valence-electron chi connectivity index (χ1n) is 4.31. The van der Waals surface area contributed by atoms with E-state index in [4.69, 9.17) is 4.74 Å². The number of ether oxygens (including phenoxy) is 1. The Hall–Kier alpha value is -2.20. The number of benzene rings is 1. The average molecular weight is 224 g/mol. The molecule has 0 aliphatic rings. The smallest absolute Gasteiger partial charge is 0.249 e. The second kappa shape index (κ2) is 3.75. The molecule has 1 heterocycles. The molecule has 1 aromatic heterocycles. The van der Waals surface area contributed by atoms with Gasteiger partial charge in [-0.25, -0.2) is 4.79 Å². The first-order chi connectivity index (χ1) is 7.69. The number of aliphatic imine (C=N–C) groups is 1. The lowest BCUT2D eigenvalue weighted by molar-refractivity contribution is 0.314. The van der Waals surface area contributed by atoms with E-state index in [-0.39, 0.29) is 21.4 Å². The van der Waals surface area contributed by atoms with Crippen molar-refractivity contribution in [2.24, 2.45) is 4.99 Å². The van der Waals surface area contributed by atoms with Gasteiger partial charge in [0.15, 0.2) is 0 Å². The van der Waals surface area contributed by atoms with Gasteiger partial charge >= 0.3 is 0 Å². The Morgan fingerprint density at radius 2 is 2.25 bits per heavy atom. The van der Waals surface area contributed by atoms with Crippen molar-refractivity contribution >= 4 is 22.7 Å². The molecule has 1 aromatic carbocycles. The zero-order chi connectivity index (χ0) is 11.7. The SMILES string of the molecule is COc1ccc2c(N=C=O)c(F)n(F)c2c1. The standard InChI is InChI=1S/C10H6F2N2O2/c1-16-6-2-3-7-8(4-6)14(12)10(11)9(7)13-5-15/h2-4H,1H3. The van der Waals surface area contributed by atoms with Crippen LogP contribution in [0.1, 0.15) is 0 Å². The largest absolute Gasteiger partial charge is 0.497 e. The lowest BCUT2D eigenvalue weighted by Gasteiger charge is -1.98. The summed E-state index contributed by atoms with van der Waals surface area (Å²) in [5, 5.41) is 0.184. The summed E-state index contributed by atoms with van der Waals surface area (Å²) in [6, 6.07) is 4.25. The van der Waals surface area contributed by atoms with Crippen molar-refractivity contribution in [3.63, 3.8) is 0 Å². The van der Waals surface area contributed by atoms with Gasteiger partial charge in [0.25, 0.3) is 0 Å². The van der Waals surface area contributed by atoms with Gasteiger partial charge in [-0.2, -0.15) is 9.38 Å². The van der Waals surface area contributed by atoms with Crippen LogP contribution in [0.2, 0.25) is 0 Å². The number of hydrogen-bond acceptors (Lipinski definition) is 3. The van der Waals surface area contributed by atoms with Gasteiger partial charge in [0, 0.05) is 11.5 Å². The van der Waals surface area contributed by atoms with Crippen LogP contribution in [0.3, 0.4) is 0 Å². The Morgan fingerprint density at radius 1 is 1.50 bits per heavy atom. The first-order valence-corrected chi connectivity index (χ1v) is 4.31. The highest BCUT2D eigenvalue weighted by Gasteiger charge is 2.17. The number of rotatable bonds is 2. The van der Waals surface area contributed by atoms with E-state index < -0.39 is 5.95 Å². The van der Waals surface area contributed by atoms with Crippen LogP contribution in [-0.2, 0) is 4.79 Å². The fraction of sp³-hybridized carbons (Fsp3) is 0.100. The second-order valence-electron chi connectivity index (χ2n) is 3.01. The summed E-state index contributed by atoms with van der Waals surface area (Å²) in [6.07, 6.45) is 1.18. The molecule has 4 nitrogen and oxygen atoms in total. The summed E-state index contributed by atoms with van der Waals surface area (Å²) in [6.45, 7) is 0. The third-order valence-corrected chi connectivity index (χ3v) is 2.20. The van der Waals surface area contributed by atoms with Crippen molar-refractivity contribution in [2.45, 2.75) is 0 Å². The molecule has 2 aromatic rings. The third kappa shape index (κ3) is 1.36. The Bertz CT molecular complexity index is 600. The quantitative estimate of drug-likeness (QED) is 0.581. The van der Waals surface area contributed by atoms with Crippen molar-refractivity contribution in [2.75, 3.05) is 7.11 Å². The molecule has 0 spiro atoms. The van der Waals surface area contributed by atoms with Crippen LogP contribution in [0, 0.1) is 5.95 Å². The Kier molecular flexibility index (Phi) is 2.42. The minimum atomic E-state index is -1.23. The van der Waals surface area contributed by atoms with Crippen LogP contribution >= 0.6 is 0 Å². The van der Waals surface area contributed by atoms with Gasteiger partial charge in [0.05, 0.1) is 12.6 Å². The Balaban J connectivity index is 2.84. The van der Waals surface area contributed by atoms with Crippen LogP contribution in [0.5, 0.6) is 5.75 Å². The van der Waals surface area contributed by atoms with E-state index in [2.05, 4.69) is 4.99 Å². The van der Waals surface area contributed by atoms with Gasteiger partial charge in [-0.15, -0.1) is 4.79 Å². The summed E-state index contributed by atoms with van der Waals surface area (Å²) < 4.78 is 31.5. The maximum Gasteiger partial charge on any atom is 0.249 e. The minimum absolute atomic E-state index is 0.0501. The summed E-state index contributed by atoms with van der Waals surface area (Å²) in [7, 11) is 1.41. The maximum atomic E-state index is 13.4. The summed E-state index contributed by atoms with van der Waals surface area (Å²) in [5.74, 6) is -0.850. The molecule has 0 atom stereocenters. The van der Waals surface area contributed by atoms with Crippen LogP contribution in [0.25, 0.3) is 10.9 Å². The lowest BCUT2D eigenvalue weighted by atomic mass is 10.2. The Labute approximate surface area is 88.7 Å². The molecule has 2 rings (SSSR count). The average Bonchev–Trinajstić information content (AvgIpc) is 2.54. The molecule has 16 heavy (non-hydrogen) atoms. The molecule has 0 aliphatic carbocycles. The van der Waals surface area contributed by atoms with Crippen molar-refractivity contribution < 1.29 is 18.4 Å². The molecule has 0 radical (unpaired) electrons. The highest BCUT2D eigenvalue weighted by molar-refractivity contribution is 5.93. The number of fused-ring (bicyclic) bond motifs is 1. The van der Waals surface area contributed by atoms with Gasteiger partial charge in [-0.05, 0) is 12.1 Å². The second-order valence-corrected chi connectivity index (χ2v) is 3.01. The number of hydrogen-bond donors (Lipinski definition) is 0. The molecular formula is C10H6F2N2O2. The molecule has 0 saturated heterocycles. The van der Waals surface area contributed by atoms with E-state index in [1.807, 2.05) is 0 Å². The summed E-state index contributed by atoms with van der Waals surface area (Å²) in [4.78, 5) is 13.0. The fourth-order valence-corrected chi connectivity index (χ4v) is 1.46. The molecule has 0 amide bonds. The molecule has 0 saturated carbocycles. The van der Waals surface area contributed by atoms with Crippen LogP contribution in [0.4, 0.5) is 14.6 Å². The van der Waals surface area contributed by atoms with Crippen molar-refractivity contribution in [1.29, 1.82) is 0 Å². The Morgan fingerprint density at radius 3 is 2.88 bits per heavy atom. The molecule has 6 heteroatoms. The van der Waals surface area contributed by atoms with Gasteiger partial charge in [0.1, 0.15) is 11.4 Å². The normalized spacial score (nSPS) is 10.2. The van der Waals surface area contributed by atoms with E-state index in [9.17, 15) is 13.7 Å². The molecule has 0 aliphatic heterocycles. The van der Waals surface area contributed by atoms with Gasteiger partial charge in [-0.3, -0.25) is 0 Å². The number of halogens is 2. The number of aromatic nitrogens is 1.